The highest BCUT2D eigenvalue weighted by molar-refractivity contribution is 5.79. The number of hydrogen-bond acceptors (Lipinski definition) is 4. The summed E-state index contributed by atoms with van der Waals surface area (Å²) < 4.78 is 16.2. The van der Waals surface area contributed by atoms with E-state index in [2.05, 4.69) is 15.6 Å². The summed E-state index contributed by atoms with van der Waals surface area (Å²) in [5, 5.41) is 6.71. The third-order valence-electron chi connectivity index (χ3n) is 4.13. The lowest BCUT2D eigenvalue weighted by Crippen LogP contribution is -2.39. The van der Waals surface area contributed by atoms with Crippen molar-refractivity contribution in [2.45, 2.75) is 32.7 Å². The molecule has 6 nitrogen and oxygen atoms in total. The lowest BCUT2D eigenvalue weighted by Gasteiger charge is -2.13. The van der Waals surface area contributed by atoms with Crippen LogP contribution in [0.2, 0.25) is 0 Å². The fraction of sp³-hybridized carbons (Fsp3) is 0.650. The van der Waals surface area contributed by atoms with Crippen LogP contribution in [0.5, 0.6) is 5.75 Å². The van der Waals surface area contributed by atoms with E-state index >= 15 is 0 Å². The van der Waals surface area contributed by atoms with Gasteiger partial charge in [-0.05, 0) is 49.8 Å². The molecule has 1 aromatic carbocycles. The molecule has 26 heavy (non-hydrogen) atoms. The zero-order valence-electron chi connectivity index (χ0n) is 16.1. The van der Waals surface area contributed by atoms with E-state index in [9.17, 15) is 0 Å². The van der Waals surface area contributed by atoms with Crippen molar-refractivity contribution in [1.82, 2.24) is 10.6 Å². The number of guanidine groups is 1. The molecule has 2 rings (SSSR count). The van der Waals surface area contributed by atoms with Gasteiger partial charge < -0.3 is 24.8 Å². The molecule has 0 amide bonds. The molecule has 0 spiro atoms. The molecule has 6 heteroatoms. The van der Waals surface area contributed by atoms with Gasteiger partial charge in [0.05, 0.1) is 20.3 Å². The minimum Gasteiger partial charge on any atom is -0.497 e. The predicted molar refractivity (Wildman–Crippen MR) is 105 cm³/mol. The largest absolute Gasteiger partial charge is 0.497 e. The maximum Gasteiger partial charge on any atom is 0.191 e. The van der Waals surface area contributed by atoms with Crippen LogP contribution >= 0.6 is 0 Å². The highest BCUT2D eigenvalue weighted by atomic mass is 16.5. The van der Waals surface area contributed by atoms with E-state index in [4.69, 9.17) is 14.2 Å². The Hall–Kier alpha value is -1.79. The summed E-state index contributed by atoms with van der Waals surface area (Å²) in [6.07, 6.45) is 3.60. The Labute approximate surface area is 157 Å². The number of methoxy groups -OCH3 is 1. The lowest BCUT2D eigenvalue weighted by atomic mass is 10.2. The minimum atomic E-state index is 0.619. The predicted octanol–water partition coefficient (Wildman–Crippen LogP) is 2.58. The molecule has 0 aliphatic heterocycles. The van der Waals surface area contributed by atoms with Crippen LogP contribution in [0.15, 0.2) is 29.3 Å². The summed E-state index contributed by atoms with van der Waals surface area (Å²) in [4.78, 5) is 4.67. The first-order chi connectivity index (χ1) is 12.8. The topological polar surface area (TPSA) is 64.1 Å². The molecule has 1 aliphatic carbocycles. The van der Waals surface area contributed by atoms with Crippen molar-refractivity contribution in [2.75, 3.05) is 46.6 Å². The summed E-state index contributed by atoms with van der Waals surface area (Å²) in [5.74, 6) is 2.47. The number of nitrogens with one attached hydrogen (secondary N) is 2. The average Bonchev–Trinajstić information content (AvgIpc) is 3.49. The smallest absolute Gasteiger partial charge is 0.191 e. The number of benzene rings is 1. The van der Waals surface area contributed by atoms with Crippen LogP contribution in [0.1, 0.15) is 31.7 Å². The van der Waals surface area contributed by atoms with Crippen molar-refractivity contribution < 1.29 is 14.2 Å². The molecule has 0 atom stereocenters. The Kier molecular flexibility index (Phi) is 9.90. The quantitative estimate of drug-likeness (QED) is 0.320. The SMILES string of the molecule is CCOCCCNC(=NCc1ccc(OC)cc1)NCCOCC1CC1. The first-order valence-corrected chi connectivity index (χ1v) is 9.62. The monoisotopic (exact) mass is 363 g/mol. The van der Waals surface area contributed by atoms with Crippen LogP contribution in [-0.4, -0.2) is 52.6 Å². The summed E-state index contributed by atoms with van der Waals surface area (Å²) >= 11 is 0. The maximum absolute atomic E-state index is 5.67. The average molecular weight is 364 g/mol. The number of ether oxygens (including phenoxy) is 3. The highest BCUT2D eigenvalue weighted by Gasteiger charge is 2.20. The number of rotatable bonds is 13. The van der Waals surface area contributed by atoms with Crippen molar-refractivity contribution in [3.63, 3.8) is 0 Å². The van der Waals surface area contributed by atoms with Crippen LogP contribution in [-0.2, 0) is 16.0 Å². The van der Waals surface area contributed by atoms with Crippen LogP contribution in [0.3, 0.4) is 0 Å². The fourth-order valence-electron chi connectivity index (χ4n) is 2.38. The maximum atomic E-state index is 5.67. The molecule has 2 N–H and O–H groups in total. The lowest BCUT2D eigenvalue weighted by molar-refractivity contribution is 0.129. The van der Waals surface area contributed by atoms with Gasteiger partial charge in [-0.25, -0.2) is 4.99 Å². The third kappa shape index (κ3) is 9.06. The molecule has 0 bridgehead atoms. The Bertz CT molecular complexity index is 516. The molecule has 0 unspecified atom stereocenters. The molecular formula is C20H33N3O3. The third-order valence-corrected chi connectivity index (χ3v) is 4.13. The van der Waals surface area contributed by atoms with E-state index < -0.39 is 0 Å². The van der Waals surface area contributed by atoms with Crippen molar-refractivity contribution in [1.29, 1.82) is 0 Å². The molecule has 0 radical (unpaired) electrons. The Balaban J connectivity index is 1.74. The van der Waals surface area contributed by atoms with Gasteiger partial charge in [-0.3, -0.25) is 0 Å². The van der Waals surface area contributed by atoms with E-state index in [-0.39, 0.29) is 0 Å². The molecule has 1 aromatic rings. The van der Waals surface area contributed by atoms with Gasteiger partial charge in [-0.2, -0.15) is 0 Å². The van der Waals surface area contributed by atoms with E-state index in [1.54, 1.807) is 7.11 Å². The molecular weight excluding hydrogens is 330 g/mol. The van der Waals surface area contributed by atoms with Gasteiger partial charge in [-0.1, -0.05) is 12.1 Å². The second-order valence-corrected chi connectivity index (χ2v) is 6.44. The molecule has 0 heterocycles. The van der Waals surface area contributed by atoms with E-state index in [0.717, 1.165) is 62.5 Å². The Morgan fingerprint density at radius 3 is 2.54 bits per heavy atom. The summed E-state index contributed by atoms with van der Waals surface area (Å²) in [6.45, 7) is 7.34. The van der Waals surface area contributed by atoms with E-state index in [1.807, 2.05) is 31.2 Å². The van der Waals surface area contributed by atoms with Gasteiger partial charge in [0.15, 0.2) is 5.96 Å². The van der Waals surface area contributed by atoms with Crippen LogP contribution in [0.25, 0.3) is 0 Å². The standard InChI is InChI=1S/C20H33N3O3/c1-3-25-13-4-11-21-20(22-12-14-26-16-18-5-6-18)23-15-17-7-9-19(24-2)10-8-17/h7-10,18H,3-6,11-16H2,1-2H3,(H2,21,22,23). The van der Waals surface area contributed by atoms with Crippen molar-refractivity contribution >= 4 is 5.96 Å². The minimum absolute atomic E-state index is 0.619. The van der Waals surface area contributed by atoms with Gasteiger partial charge in [0, 0.05) is 32.9 Å². The Morgan fingerprint density at radius 1 is 1.08 bits per heavy atom. The summed E-state index contributed by atoms with van der Waals surface area (Å²) in [5.41, 5.74) is 1.14. The molecule has 1 saturated carbocycles. The molecule has 0 aromatic heterocycles. The second-order valence-electron chi connectivity index (χ2n) is 6.44. The molecule has 1 aliphatic rings. The van der Waals surface area contributed by atoms with E-state index in [0.29, 0.717) is 13.2 Å². The first-order valence-electron chi connectivity index (χ1n) is 9.62. The molecule has 0 saturated heterocycles. The van der Waals surface area contributed by atoms with Gasteiger partial charge >= 0.3 is 0 Å². The van der Waals surface area contributed by atoms with Crippen LogP contribution in [0.4, 0.5) is 0 Å². The van der Waals surface area contributed by atoms with Crippen molar-refractivity contribution in [3.8, 4) is 5.75 Å². The number of hydrogen-bond donors (Lipinski definition) is 2. The summed E-state index contributed by atoms with van der Waals surface area (Å²) in [7, 11) is 1.67. The molecule has 1 fully saturated rings. The Morgan fingerprint density at radius 2 is 1.85 bits per heavy atom. The van der Waals surface area contributed by atoms with Gasteiger partial charge in [0.1, 0.15) is 5.75 Å². The first kappa shape index (κ1) is 20.5. The van der Waals surface area contributed by atoms with Crippen LogP contribution < -0.4 is 15.4 Å². The van der Waals surface area contributed by atoms with E-state index in [1.165, 1.54) is 12.8 Å². The van der Waals surface area contributed by atoms with Crippen LogP contribution in [0, 0.1) is 5.92 Å². The van der Waals surface area contributed by atoms with Gasteiger partial charge in [0.2, 0.25) is 0 Å². The van der Waals surface area contributed by atoms with Gasteiger partial charge in [-0.15, -0.1) is 0 Å². The molecule has 146 valence electrons. The number of nitrogens with zero attached hydrogens (tertiary/aromatic N) is 1. The zero-order chi connectivity index (χ0) is 18.5. The number of aliphatic imine (C=N–C) groups is 1. The second kappa shape index (κ2) is 12.5. The zero-order valence-corrected chi connectivity index (χ0v) is 16.1. The van der Waals surface area contributed by atoms with Crippen molar-refractivity contribution in [3.05, 3.63) is 29.8 Å². The summed E-state index contributed by atoms with van der Waals surface area (Å²) in [6, 6.07) is 7.99. The normalized spacial score (nSPS) is 14.3. The fourth-order valence-corrected chi connectivity index (χ4v) is 2.38. The van der Waals surface area contributed by atoms with Gasteiger partial charge in [0.25, 0.3) is 0 Å². The highest BCUT2D eigenvalue weighted by Crippen LogP contribution is 2.28. The van der Waals surface area contributed by atoms with Crippen molar-refractivity contribution in [2.24, 2.45) is 10.9 Å².